The standard InChI is InChI=1S/C17H26N4O3/c18-17(23)15-10-14(19-20-15)12-4-3-8-21(11-12)16(22)7-6-13-5-1-2-9-24-13/h10,12-13H,1-9,11H2,(H2,18,23)(H,19,20)/t12-,13-/m0/s1. The molecule has 3 N–H and O–H groups in total. The van der Waals surface area contributed by atoms with Crippen LogP contribution >= 0.6 is 0 Å². The predicted molar refractivity (Wildman–Crippen MR) is 88.5 cm³/mol. The van der Waals surface area contributed by atoms with Crippen LogP contribution in [0.3, 0.4) is 0 Å². The maximum Gasteiger partial charge on any atom is 0.269 e. The molecule has 2 aliphatic heterocycles. The van der Waals surface area contributed by atoms with Crippen LogP contribution in [0.5, 0.6) is 0 Å². The Hall–Kier alpha value is -1.89. The molecule has 2 fully saturated rings. The van der Waals surface area contributed by atoms with Crippen molar-refractivity contribution < 1.29 is 14.3 Å². The molecule has 1 aromatic rings. The Morgan fingerprint density at radius 3 is 2.92 bits per heavy atom. The van der Waals surface area contributed by atoms with Gasteiger partial charge in [-0.15, -0.1) is 0 Å². The van der Waals surface area contributed by atoms with Crippen molar-refractivity contribution in [2.45, 2.75) is 57.0 Å². The predicted octanol–water partition coefficient (Wildman–Crippen LogP) is 1.56. The largest absolute Gasteiger partial charge is 0.378 e. The molecule has 3 heterocycles. The molecule has 2 amide bonds. The number of rotatable bonds is 5. The highest BCUT2D eigenvalue weighted by Gasteiger charge is 2.27. The average Bonchev–Trinajstić information content (AvgIpc) is 3.11. The number of ether oxygens (including phenoxy) is 1. The van der Waals surface area contributed by atoms with E-state index in [0.29, 0.717) is 13.0 Å². The van der Waals surface area contributed by atoms with Gasteiger partial charge in [0.2, 0.25) is 5.91 Å². The van der Waals surface area contributed by atoms with E-state index in [0.717, 1.165) is 50.9 Å². The molecule has 1 aromatic heterocycles. The van der Waals surface area contributed by atoms with Crippen LogP contribution in [0.15, 0.2) is 6.07 Å². The average molecular weight is 334 g/mol. The van der Waals surface area contributed by atoms with Gasteiger partial charge in [-0.25, -0.2) is 0 Å². The highest BCUT2D eigenvalue weighted by atomic mass is 16.5. The van der Waals surface area contributed by atoms with Gasteiger partial charge in [0, 0.05) is 37.7 Å². The van der Waals surface area contributed by atoms with Crippen molar-refractivity contribution in [1.82, 2.24) is 15.1 Å². The van der Waals surface area contributed by atoms with Gasteiger partial charge in [-0.2, -0.15) is 5.10 Å². The van der Waals surface area contributed by atoms with Crippen LogP contribution in [0.4, 0.5) is 0 Å². The van der Waals surface area contributed by atoms with Crippen molar-refractivity contribution in [1.29, 1.82) is 0 Å². The van der Waals surface area contributed by atoms with Crippen LogP contribution < -0.4 is 5.73 Å². The maximum atomic E-state index is 12.5. The second kappa shape index (κ2) is 7.79. The van der Waals surface area contributed by atoms with E-state index in [4.69, 9.17) is 10.5 Å². The van der Waals surface area contributed by atoms with Crippen molar-refractivity contribution in [2.24, 2.45) is 5.73 Å². The molecular weight excluding hydrogens is 308 g/mol. The Balaban J connectivity index is 1.52. The molecule has 2 saturated heterocycles. The summed E-state index contributed by atoms with van der Waals surface area (Å²) in [7, 11) is 0. The van der Waals surface area contributed by atoms with Crippen LogP contribution in [0.2, 0.25) is 0 Å². The molecule has 0 bridgehead atoms. The van der Waals surface area contributed by atoms with Crippen LogP contribution in [-0.2, 0) is 9.53 Å². The Kier molecular flexibility index (Phi) is 5.50. The first-order valence-electron chi connectivity index (χ1n) is 8.88. The lowest BCUT2D eigenvalue weighted by Gasteiger charge is -2.33. The van der Waals surface area contributed by atoms with Crippen molar-refractivity contribution >= 4 is 11.8 Å². The summed E-state index contributed by atoms with van der Waals surface area (Å²) in [4.78, 5) is 25.6. The number of hydrogen-bond donors (Lipinski definition) is 2. The molecule has 0 aromatic carbocycles. The monoisotopic (exact) mass is 334 g/mol. The Labute approximate surface area is 141 Å². The first-order valence-corrected chi connectivity index (χ1v) is 8.88. The quantitative estimate of drug-likeness (QED) is 0.853. The molecular formula is C17H26N4O3. The lowest BCUT2D eigenvalue weighted by molar-refractivity contribution is -0.133. The summed E-state index contributed by atoms with van der Waals surface area (Å²) in [5.74, 6) is -0.147. The van der Waals surface area contributed by atoms with Gasteiger partial charge in [0.15, 0.2) is 0 Å². The fourth-order valence-corrected chi connectivity index (χ4v) is 3.61. The number of hydrogen-bond acceptors (Lipinski definition) is 4. The molecule has 0 aliphatic carbocycles. The lowest BCUT2D eigenvalue weighted by atomic mass is 9.94. The normalized spacial score (nSPS) is 24.8. The summed E-state index contributed by atoms with van der Waals surface area (Å²) in [5, 5.41) is 6.83. The van der Waals surface area contributed by atoms with E-state index in [1.54, 1.807) is 6.07 Å². The van der Waals surface area contributed by atoms with Crippen LogP contribution in [-0.4, -0.2) is 52.7 Å². The van der Waals surface area contributed by atoms with Crippen LogP contribution in [0.25, 0.3) is 0 Å². The molecule has 2 atom stereocenters. The number of aromatic amines is 1. The number of nitrogens with one attached hydrogen (secondary N) is 1. The van der Waals surface area contributed by atoms with E-state index < -0.39 is 5.91 Å². The van der Waals surface area contributed by atoms with Gasteiger partial charge in [-0.3, -0.25) is 14.7 Å². The van der Waals surface area contributed by atoms with E-state index in [1.807, 2.05) is 4.90 Å². The number of nitrogens with zero attached hydrogens (tertiary/aromatic N) is 2. The third-order valence-electron chi connectivity index (χ3n) is 5.02. The van der Waals surface area contributed by atoms with Crippen LogP contribution in [0, 0.1) is 0 Å². The van der Waals surface area contributed by atoms with E-state index >= 15 is 0 Å². The topological polar surface area (TPSA) is 101 Å². The van der Waals surface area contributed by atoms with Gasteiger partial charge in [-0.1, -0.05) is 0 Å². The molecule has 2 aliphatic rings. The summed E-state index contributed by atoms with van der Waals surface area (Å²) in [6.07, 6.45) is 6.96. The Bertz CT molecular complexity index is 580. The summed E-state index contributed by atoms with van der Waals surface area (Å²) in [5.41, 5.74) is 6.38. The minimum Gasteiger partial charge on any atom is -0.378 e. The zero-order valence-electron chi connectivity index (χ0n) is 14.0. The number of H-pyrrole nitrogens is 1. The second-order valence-corrected chi connectivity index (χ2v) is 6.78. The van der Waals surface area contributed by atoms with Gasteiger partial charge < -0.3 is 15.4 Å². The van der Waals surface area contributed by atoms with Crippen molar-refractivity contribution in [3.63, 3.8) is 0 Å². The Morgan fingerprint density at radius 1 is 1.33 bits per heavy atom. The van der Waals surface area contributed by atoms with Crippen molar-refractivity contribution in [2.75, 3.05) is 19.7 Å². The molecule has 7 nitrogen and oxygen atoms in total. The number of piperidine rings is 1. The fourth-order valence-electron chi connectivity index (χ4n) is 3.61. The number of likely N-dealkylation sites (tertiary alicyclic amines) is 1. The highest BCUT2D eigenvalue weighted by Crippen LogP contribution is 2.27. The summed E-state index contributed by atoms with van der Waals surface area (Å²) >= 11 is 0. The SMILES string of the molecule is NC(=O)c1cc([C@H]2CCCN(C(=O)CC[C@@H]3CCCCO3)C2)[nH]n1. The van der Waals surface area contributed by atoms with Gasteiger partial charge in [0.05, 0.1) is 6.10 Å². The first kappa shape index (κ1) is 17.0. The number of amides is 2. The third-order valence-corrected chi connectivity index (χ3v) is 5.02. The van der Waals surface area contributed by atoms with Gasteiger partial charge in [0.1, 0.15) is 5.69 Å². The second-order valence-electron chi connectivity index (χ2n) is 6.78. The first-order chi connectivity index (χ1) is 11.6. The Morgan fingerprint density at radius 2 is 2.21 bits per heavy atom. The smallest absolute Gasteiger partial charge is 0.269 e. The minimum atomic E-state index is -0.534. The molecule has 3 rings (SSSR count). The van der Waals surface area contributed by atoms with Gasteiger partial charge >= 0.3 is 0 Å². The van der Waals surface area contributed by atoms with E-state index in [2.05, 4.69) is 10.2 Å². The van der Waals surface area contributed by atoms with Gasteiger partial charge in [0.25, 0.3) is 5.91 Å². The van der Waals surface area contributed by atoms with E-state index in [9.17, 15) is 9.59 Å². The summed E-state index contributed by atoms with van der Waals surface area (Å²) < 4.78 is 5.70. The molecule has 7 heteroatoms. The molecule has 24 heavy (non-hydrogen) atoms. The van der Waals surface area contributed by atoms with E-state index in [1.165, 1.54) is 6.42 Å². The number of nitrogens with two attached hydrogens (primary N) is 1. The summed E-state index contributed by atoms with van der Waals surface area (Å²) in [6.45, 7) is 2.30. The molecule has 132 valence electrons. The fraction of sp³-hybridized carbons (Fsp3) is 0.706. The molecule has 0 spiro atoms. The minimum absolute atomic E-state index is 0.189. The third kappa shape index (κ3) is 4.14. The molecule has 0 saturated carbocycles. The zero-order chi connectivity index (χ0) is 16.9. The number of primary amides is 1. The van der Waals surface area contributed by atoms with Crippen molar-refractivity contribution in [3.05, 3.63) is 17.5 Å². The van der Waals surface area contributed by atoms with Crippen molar-refractivity contribution in [3.8, 4) is 0 Å². The van der Waals surface area contributed by atoms with E-state index in [-0.39, 0.29) is 23.6 Å². The highest BCUT2D eigenvalue weighted by molar-refractivity contribution is 5.90. The molecule has 0 radical (unpaired) electrons. The lowest BCUT2D eigenvalue weighted by Crippen LogP contribution is -2.39. The zero-order valence-corrected chi connectivity index (χ0v) is 14.0. The number of aromatic nitrogens is 2. The number of carbonyl (C=O) groups is 2. The molecule has 0 unspecified atom stereocenters. The summed E-state index contributed by atoms with van der Waals surface area (Å²) in [6, 6.07) is 1.71. The van der Waals surface area contributed by atoms with Crippen LogP contribution in [0.1, 0.15) is 67.0 Å². The number of carbonyl (C=O) groups excluding carboxylic acids is 2. The maximum absolute atomic E-state index is 12.5. The van der Waals surface area contributed by atoms with Gasteiger partial charge in [-0.05, 0) is 44.6 Å².